The number of hydrazone groups is 1. The lowest BCUT2D eigenvalue weighted by Crippen LogP contribution is -2.23. The molecule has 2 heterocycles. The molecule has 0 radical (unpaired) electrons. The molecule has 0 bridgehead atoms. The van der Waals surface area contributed by atoms with Crippen molar-refractivity contribution in [2.75, 3.05) is 7.11 Å². The topological polar surface area (TPSA) is 132 Å². The van der Waals surface area contributed by atoms with Crippen LogP contribution in [0.5, 0.6) is 5.75 Å². The zero-order valence-corrected chi connectivity index (χ0v) is 19.0. The van der Waals surface area contributed by atoms with E-state index in [0.717, 1.165) is 0 Å². The minimum absolute atomic E-state index is 0.0898. The molecule has 172 valence electrons. The molecule has 0 saturated carbocycles. The van der Waals surface area contributed by atoms with Crippen LogP contribution in [-0.2, 0) is 0 Å². The number of carbonyl (C=O) groups excluding carboxylic acids is 1. The van der Waals surface area contributed by atoms with Crippen LogP contribution in [0.15, 0.2) is 75.9 Å². The number of nitrogens with one attached hydrogen (secondary N) is 2. The number of nitrogens with zero attached hydrogens (tertiary/aromatic N) is 3. The van der Waals surface area contributed by atoms with Gasteiger partial charge in [0.1, 0.15) is 5.75 Å². The molecule has 2 N–H and O–H groups in total. The molecule has 0 fully saturated rings. The standard InChI is InChI=1S/C23H19N5O5S/c1-14(24-25-22(29)19-4-3-13-34-19)20-21(15-5-11-18(33-2)12-6-15)26-27(23(20)30)16-7-9-17(10-8-16)28(31)32/h3-13,26H,1-2H3,(H,25,29). The number of thiophene rings is 1. The molecule has 0 aliphatic heterocycles. The monoisotopic (exact) mass is 477 g/mol. The van der Waals surface area contributed by atoms with E-state index in [1.165, 1.54) is 40.3 Å². The number of hydrogen-bond acceptors (Lipinski definition) is 7. The zero-order chi connectivity index (χ0) is 24.2. The first-order chi connectivity index (χ1) is 16.4. The summed E-state index contributed by atoms with van der Waals surface area (Å²) in [6.45, 7) is 1.62. The van der Waals surface area contributed by atoms with E-state index in [1.54, 1.807) is 55.8 Å². The lowest BCUT2D eigenvalue weighted by atomic mass is 10.1. The molecule has 34 heavy (non-hydrogen) atoms. The van der Waals surface area contributed by atoms with Gasteiger partial charge in [-0.3, -0.25) is 24.8 Å². The maximum Gasteiger partial charge on any atom is 0.281 e. The van der Waals surface area contributed by atoms with Crippen molar-refractivity contribution in [1.82, 2.24) is 15.2 Å². The molecule has 0 unspecified atom stereocenters. The first-order valence-corrected chi connectivity index (χ1v) is 10.9. The van der Waals surface area contributed by atoms with Crippen molar-refractivity contribution in [2.24, 2.45) is 5.10 Å². The Morgan fingerprint density at radius 2 is 1.85 bits per heavy atom. The molecule has 4 rings (SSSR count). The Morgan fingerprint density at radius 3 is 2.44 bits per heavy atom. The number of nitro groups is 1. The number of benzene rings is 2. The number of aromatic amines is 1. The first-order valence-electron chi connectivity index (χ1n) is 10.0. The molecule has 10 nitrogen and oxygen atoms in total. The second-order valence-electron chi connectivity index (χ2n) is 7.12. The summed E-state index contributed by atoms with van der Waals surface area (Å²) in [4.78, 5) is 36.7. The molecule has 1 amide bonds. The quantitative estimate of drug-likeness (QED) is 0.236. The molecule has 2 aromatic heterocycles. The lowest BCUT2D eigenvalue weighted by Gasteiger charge is -2.05. The highest BCUT2D eigenvalue weighted by Gasteiger charge is 2.20. The smallest absolute Gasteiger partial charge is 0.281 e. The van der Waals surface area contributed by atoms with Gasteiger partial charge in [-0.25, -0.2) is 10.1 Å². The van der Waals surface area contributed by atoms with E-state index in [2.05, 4.69) is 15.6 Å². The van der Waals surface area contributed by atoms with E-state index in [9.17, 15) is 19.7 Å². The van der Waals surface area contributed by atoms with Crippen LogP contribution in [0.3, 0.4) is 0 Å². The van der Waals surface area contributed by atoms with Gasteiger partial charge in [-0.05, 0) is 54.8 Å². The van der Waals surface area contributed by atoms with Crippen LogP contribution in [0.1, 0.15) is 22.2 Å². The second kappa shape index (κ2) is 9.55. The zero-order valence-electron chi connectivity index (χ0n) is 18.1. The van der Waals surface area contributed by atoms with Crippen LogP contribution >= 0.6 is 11.3 Å². The van der Waals surface area contributed by atoms with Crippen LogP contribution in [0.4, 0.5) is 5.69 Å². The first kappa shape index (κ1) is 22.7. The summed E-state index contributed by atoms with van der Waals surface area (Å²) in [6, 6.07) is 16.1. The van der Waals surface area contributed by atoms with Crippen LogP contribution in [-0.4, -0.2) is 33.4 Å². The number of amides is 1. The number of rotatable bonds is 7. The van der Waals surface area contributed by atoms with Crippen molar-refractivity contribution in [2.45, 2.75) is 6.92 Å². The maximum atomic E-state index is 13.4. The van der Waals surface area contributed by atoms with Gasteiger partial charge in [-0.15, -0.1) is 11.3 Å². The molecule has 0 saturated heterocycles. The van der Waals surface area contributed by atoms with Gasteiger partial charge in [0.25, 0.3) is 17.2 Å². The summed E-state index contributed by atoms with van der Waals surface area (Å²) in [5.74, 6) is 0.266. The highest BCUT2D eigenvalue weighted by atomic mass is 32.1. The number of methoxy groups -OCH3 is 1. The number of ether oxygens (including phenoxy) is 1. The van der Waals surface area contributed by atoms with E-state index in [4.69, 9.17) is 4.74 Å². The predicted molar refractivity (Wildman–Crippen MR) is 129 cm³/mol. The van der Waals surface area contributed by atoms with Gasteiger partial charge in [0.2, 0.25) is 0 Å². The number of hydrogen-bond donors (Lipinski definition) is 2. The third-order valence-electron chi connectivity index (χ3n) is 5.02. The summed E-state index contributed by atoms with van der Waals surface area (Å²) < 4.78 is 6.49. The summed E-state index contributed by atoms with van der Waals surface area (Å²) in [5, 5.41) is 20.0. The fraction of sp³-hybridized carbons (Fsp3) is 0.0870. The fourth-order valence-electron chi connectivity index (χ4n) is 3.30. The molecular formula is C23H19N5O5S. The van der Waals surface area contributed by atoms with E-state index in [-0.39, 0.29) is 22.9 Å². The van der Waals surface area contributed by atoms with Gasteiger partial charge < -0.3 is 4.74 Å². The molecule has 2 aromatic carbocycles. The van der Waals surface area contributed by atoms with E-state index < -0.39 is 10.5 Å². The van der Waals surface area contributed by atoms with Crippen molar-refractivity contribution in [3.63, 3.8) is 0 Å². The number of non-ortho nitro benzene ring substituents is 1. The largest absolute Gasteiger partial charge is 0.497 e. The van der Waals surface area contributed by atoms with Crippen LogP contribution < -0.4 is 15.7 Å². The van der Waals surface area contributed by atoms with Crippen molar-refractivity contribution < 1.29 is 14.5 Å². The number of H-pyrrole nitrogens is 1. The van der Waals surface area contributed by atoms with Crippen molar-refractivity contribution in [3.8, 4) is 22.7 Å². The fourth-order valence-corrected chi connectivity index (χ4v) is 3.91. The van der Waals surface area contributed by atoms with Crippen molar-refractivity contribution in [3.05, 3.63) is 97.0 Å². The SMILES string of the molecule is COc1ccc(-c2[nH]n(-c3ccc([N+](=O)[O-])cc3)c(=O)c2C(C)=NNC(=O)c2cccs2)cc1. The summed E-state index contributed by atoms with van der Waals surface area (Å²) >= 11 is 1.28. The third kappa shape index (κ3) is 4.50. The molecule has 0 aliphatic carbocycles. The van der Waals surface area contributed by atoms with Gasteiger partial charge >= 0.3 is 0 Å². The Morgan fingerprint density at radius 1 is 1.15 bits per heavy atom. The average molecular weight is 478 g/mol. The van der Waals surface area contributed by atoms with Crippen LogP contribution in [0.2, 0.25) is 0 Å². The Labute approximate surface area is 197 Å². The van der Waals surface area contributed by atoms with Crippen molar-refractivity contribution >= 4 is 28.6 Å². The predicted octanol–water partition coefficient (Wildman–Crippen LogP) is 3.96. The highest BCUT2D eigenvalue weighted by molar-refractivity contribution is 7.12. The highest BCUT2D eigenvalue weighted by Crippen LogP contribution is 2.24. The van der Waals surface area contributed by atoms with Gasteiger partial charge in [0, 0.05) is 17.7 Å². The summed E-state index contributed by atoms with van der Waals surface area (Å²) in [5.41, 5.74) is 4.07. The Kier molecular flexibility index (Phi) is 6.37. The molecule has 0 spiro atoms. The van der Waals surface area contributed by atoms with Crippen LogP contribution in [0.25, 0.3) is 16.9 Å². The van der Waals surface area contributed by atoms with Gasteiger partial charge in [0.15, 0.2) is 0 Å². The number of carbonyl (C=O) groups is 1. The minimum Gasteiger partial charge on any atom is -0.497 e. The minimum atomic E-state index is -0.511. The molecule has 0 aliphatic rings. The van der Waals surface area contributed by atoms with E-state index >= 15 is 0 Å². The summed E-state index contributed by atoms with van der Waals surface area (Å²) in [6.07, 6.45) is 0. The van der Waals surface area contributed by atoms with Gasteiger partial charge in [0.05, 0.1) is 39.6 Å². The Balaban J connectivity index is 1.79. The normalized spacial score (nSPS) is 11.3. The molecule has 0 atom stereocenters. The van der Waals surface area contributed by atoms with E-state index in [0.29, 0.717) is 27.6 Å². The van der Waals surface area contributed by atoms with E-state index in [1.807, 2.05) is 0 Å². The molecule has 11 heteroatoms. The van der Waals surface area contributed by atoms with Gasteiger partial charge in [-0.2, -0.15) is 5.10 Å². The molecular weight excluding hydrogens is 458 g/mol. The average Bonchev–Trinajstić information content (AvgIpc) is 3.51. The van der Waals surface area contributed by atoms with Crippen LogP contribution in [0, 0.1) is 10.1 Å². The molecule has 4 aromatic rings. The number of aromatic nitrogens is 2. The van der Waals surface area contributed by atoms with Crippen molar-refractivity contribution in [1.29, 1.82) is 0 Å². The maximum absolute atomic E-state index is 13.4. The Bertz CT molecular complexity index is 1420. The summed E-state index contributed by atoms with van der Waals surface area (Å²) in [7, 11) is 1.56. The second-order valence-corrected chi connectivity index (χ2v) is 8.07. The Hall–Kier alpha value is -4.51. The van der Waals surface area contributed by atoms with Gasteiger partial charge in [-0.1, -0.05) is 6.07 Å². The lowest BCUT2D eigenvalue weighted by molar-refractivity contribution is -0.384. The third-order valence-corrected chi connectivity index (χ3v) is 5.89. The number of nitro benzene ring substituents is 1.